The molecule has 1 saturated carbocycles. The van der Waals surface area contributed by atoms with E-state index in [1.807, 2.05) is 13.0 Å². The molecule has 0 aromatic heterocycles. The summed E-state index contributed by atoms with van der Waals surface area (Å²) >= 11 is 0. The molecule has 5 unspecified atom stereocenters. The average molecular weight is 448 g/mol. The highest BCUT2D eigenvalue weighted by Gasteiger charge is 2.52. The Morgan fingerprint density at radius 3 is 2.38 bits per heavy atom. The van der Waals surface area contributed by atoms with Gasteiger partial charge in [0.25, 0.3) is 10.2 Å². The predicted molar refractivity (Wildman–Crippen MR) is 119 cm³/mol. The molecule has 2 aliphatic carbocycles. The van der Waals surface area contributed by atoms with Crippen LogP contribution in [0.3, 0.4) is 0 Å². The van der Waals surface area contributed by atoms with Gasteiger partial charge in [0.1, 0.15) is 12.7 Å². The highest BCUT2D eigenvalue weighted by molar-refractivity contribution is 5.33. The first-order valence-electron chi connectivity index (χ1n) is 11.1. The molecule has 0 saturated heterocycles. The van der Waals surface area contributed by atoms with E-state index in [9.17, 15) is 20.2 Å². The molecule has 1 aromatic carbocycles. The number of allylic oxidation sites excluding steroid dienone is 2. The molecule has 32 heavy (non-hydrogen) atoms. The van der Waals surface area contributed by atoms with E-state index < -0.39 is 28.3 Å². The van der Waals surface area contributed by atoms with Crippen LogP contribution >= 0.6 is 0 Å². The first kappa shape index (κ1) is 24.0. The summed E-state index contributed by atoms with van der Waals surface area (Å²) in [7, 11) is 0. The molecule has 0 heterocycles. The summed E-state index contributed by atoms with van der Waals surface area (Å²) in [5.74, 6) is -0.374. The van der Waals surface area contributed by atoms with Crippen LogP contribution in [0.1, 0.15) is 58.4 Å². The topological polar surface area (TPSA) is 131 Å². The maximum absolute atomic E-state index is 11.1. The van der Waals surface area contributed by atoms with Gasteiger partial charge in [-0.15, -0.1) is 20.2 Å². The molecule has 9 heteroatoms. The number of fused-ring (bicyclic) bond motifs is 2. The molecular formula is C23H33N3O6. The van der Waals surface area contributed by atoms with Gasteiger partial charge < -0.3 is 15.4 Å². The first-order valence-corrected chi connectivity index (χ1v) is 11.1. The number of hydrogen-bond acceptors (Lipinski definition) is 7. The van der Waals surface area contributed by atoms with Crippen molar-refractivity contribution in [3.05, 3.63) is 67.8 Å². The van der Waals surface area contributed by atoms with Gasteiger partial charge in [0, 0.05) is 0 Å². The van der Waals surface area contributed by atoms with E-state index >= 15 is 0 Å². The Morgan fingerprint density at radius 1 is 1.09 bits per heavy atom. The lowest BCUT2D eigenvalue weighted by Gasteiger charge is -2.56. The smallest absolute Gasteiger partial charge is 0.294 e. The Morgan fingerprint density at radius 2 is 1.78 bits per heavy atom. The van der Waals surface area contributed by atoms with Crippen molar-refractivity contribution in [2.75, 3.05) is 13.2 Å². The van der Waals surface area contributed by atoms with Crippen LogP contribution in [0.15, 0.2) is 42.0 Å². The Labute approximate surface area is 188 Å². The van der Waals surface area contributed by atoms with Crippen LogP contribution in [0.25, 0.3) is 0 Å². The molecular weight excluding hydrogens is 414 g/mol. The van der Waals surface area contributed by atoms with Gasteiger partial charge in [-0.1, -0.05) is 62.8 Å². The number of nitrogens with two attached hydrogens (primary N) is 1. The van der Waals surface area contributed by atoms with Gasteiger partial charge in [-0.2, -0.15) is 0 Å². The summed E-state index contributed by atoms with van der Waals surface area (Å²) in [6.45, 7) is 6.29. The zero-order chi connectivity index (χ0) is 23.6. The van der Waals surface area contributed by atoms with Gasteiger partial charge in [-0.05, 0) is 66.4 Å². The third-order valence-electron chi connectivity index (χ3n) is 7.58. The van der Waals surface area contributed by atoms with Crippen molar-refractivity contribution < 1.29 is 19.8 Å². The van der Waals surface area contributed by atoms with Crippen molar-refractivity contribution in [3.8, 4) is 0 Å². The third-order valence-corrected chi connectivity index (χ3v) is 7.58. The van der Waals surface area contributed by atoms with Crippen molar-refractivity contribution in [2.24, 2.45) is 22.5 Å². The van der Waals surface area contributed by atoms with E-state index in [1.165, 1.54) is 11.1 Å². The summed E-state index contributed by atoms with van der Waals surface area (Å²) in [4.78, 5) is 31.1. The highest BCUT2D eigenvalue weighted by atomic mass is 17.0. The maximum atomic E-state index is 11.1. The minimum absolute atomic E-state index is 0.0173. The largest absolute Gasteiger partial charge is 0.330 e. The van der Waals surface area contributed by atoms with Crippen molar-refractivity contribution in [1.82, 2.24) is 0 Å². The van der Waals surface area contributed by atoms with E-state index in [2.05, 4.69) is 49.0 Å². The van der Waals surface area contributed by atoms with Crippen LogP contribution in [0.2, 0.25) is 0 Å². The minimum atomic E-state index is -1.05. The Bertz CT molecular complexity index is 878. The molecule has 2 N–H and O–H groups in total. The number of nitrogens with zero attached hydrogens (tertiary/aromatic N) is 2. The zero-order valence-corrected chi connectivity index (χ0v) is 19.0. The molecule has 0 aliphatic heterocycles. The maximum Gasteiger partial charge on any atom is 0.294 e. The van der Waals surface area contributed by atoms with E-state index in [4.69, 9.17) is 10.6 Å². The van der Waals surface area contributed by atoms with E-state index in [0.717, 1.165) is 32.1 Å². The molecule has 1 aromatic rings. The lowest BCUT2D eigenvalue weighted by atomic mass is 9.49. The SMILES string of the molecule is CC(C(CO[N+](=O)[O-])O[N+](=O)[O-])C1(C)C=C2CC(CCN)(CC(C)(c3ccccc3)C2)C1. The highest BCUT2D eigenvalue weighted by Crippen LogP contribution is 2.61. The Hall–Kier alpha value is -2.68. The molecule has 3 rings (SSSR count). The zero-order valence-electron chi connectivity index (χ0n) is 19.0. The van der Waals surface area contributed by atoms with Gasteiger partial charge in [0.2, 0.25) is 0 Å². The number of hydrogen-bond donors (Lipinski definition) is 1. The molecule has 2 aliphatic rings. The van der Waals surface area contributed by atoms with Gasteiger partial charge in [0.15, 0.2) is 0 Å². The second-order valence-electron chi connectivity index (χ2n) is 10.2. The number of rotatable bonds is 10. The lowest BCUT2D eigenvalue weighted by Crippen LogP contribution is -2.49. The van der Waals surface area contributed by atoms with E-state index in [1.54, 1.807) is 0 Å². The molecule has 1 fully saturated rings. The quantitative estimate of drug-likeness (QED) is 0.323. The second-order valence-corrected chi connectivity index (χ2v) is 10.2. The molecule has 0 spiro atoms. The van der Waals surface area contributed by atoms with E-state index in [-0.39, 0.29) is 16.7 Å². The fourth-order valence-corrected chi connectivity index (χ4v) is 6.39. The van der Waals surface area contributed by atoms with Crippen molar-refractivity contribution in [1.29, 1.82) is 0 Å². The van der Waals surface area contributed by atoms with Gasteiger partial charge in [-0.3, -0.25) is 0 Å². The van der Waals surface area contributed by atoms with Crippen LogP contribution in [0, 0.1) is 37.0 Å². The lowest BCUT2D eigenvalue weighted by molar-refractivity contribution is -0.792. The summed E-state index contributed by atoms with van der Waals surface area (Å²) in [5.41, 5.74) is 8.17. The van der Waals surface area contributed by atoms with Gasteiger partial charge in [0.05, 0.1) is 0 Å². The van der Waals surface area contributed by atoms with Gasteiger partial charge in [-0.25, -0.2) is 0 Å². The molecule has 0 amide bonds. The summed E-state index contributed by atoms with van der Waals surface area (Å²) in [5, 5.41) is 19.9. The second kappa shape index (κ2) is 9.05. The normalized spacial score (nSPS) is 31.2. The first-order chi connectivity index (χ1) is 15.0. The van der Waals surface area contributed by atoms with Crippen LogP contribution in [0.5, 0.6) is 0 Å². The number of benzene rings is 1. The van der Waals surface area contributed by atoms with Gasteiger partial charge >= 0.3 is 0 Å². The van der Waals surface area contributed by atoms with Crippen molar-refractivity contribution in [2.45, 2.75) is 64.4 Å². The summed E-state index contributed by atoms with van der Waals surface area (Å²) < 4.78 is 0. The summed E-state index contributed by atoms with van der Waals surface area (Å²) in [6.07, 6.45) is 5.63. The third kappa shape index (κ3) is 5.03. The molecule has 2 bridgehead atoms. The standard InChI is InChI=1S/C23H33N3O6/c1-17(20(32-26(29)30)14-31-25(27)28)21(2)11-18-12-22(3,19-7-5-4-6-8-19)16-23(13-18,15-21)9-10-24/h4-8,11,17,20H,9-10,12-16,24H2,1-3H3. The molecule has 176 valence electrons. The van der Waals surface area contributed by atoms with Crippen molar-refractivity contribution in [3.63, 3.8) is 0 Å². The van der Waals surface area contributed by atoms with Crippen LogP contribution in [0.4, 0.5) is 0 Å². The fraction of sp³-hybridized carbons (Fsp3) is 0.652. The van der Waals surface area contributed by atoms with E-state index in [0.29, 0.717) is 6.54 Å². The summed E-state index contributed by atoms with van der Waals surface area (Å²) in [6, 6.07) is 10.5. The molecule has 9 nitrogen and oxygen atoms in total. The fourth-order valence-electron chi connectivity index (χ4n) is 6.39. The van der Waals surface area contributed by atoms with Crippen LogP contribution < -0.4 is 5.73 Å². The Kier molecular flexibility index (Phi) is 6.78. The molecule has 5 atom stereocenters. The minimum Gasteiger partial charge on any atom is -0.330 e. The molecule has 0 radical (unpaired) electrons. The van der Waals surface area contributed by atoms with Crippen molar-refractivity contribution >= 4 is 0 Å². The van der Waals surface area contributed by atoms with Crippen LogP contribution in [-0.4, -0.2) is 29.4 Å². The van der Waals surface area contributed by atoms with Crippen LogP contribution in [-0.2, 0) is 15.1 Å². The predicted octanol–water partition coefficient (Wildman–Crippen LogP) is 4.22. The average Bonchev–Trinajstić information content (AvgIpc) is 2.70. The monoisotopic (exact) mass is 447 g/mol. The Balaban J connectivity index is 1.95.